The lowest BCUT2D eigenvalue weighted by Gasteiger charge is -2.24. The predicted octanol–water partition coefficient (Wildman–Crippen LogP) is 13.5. The van der Waals surface area contributed by atoms with E-state index in [4.69, 9.17) is 15.0 Å². The van der Waals surface area contributed by atoms with Crippen molar-refractivity contribution in [1.29, 1.82) is 0 Å². The summed E-state index contributed by atoms with van der Waals surface area (Å²) in [7, 11) is 0. The maximum Gasteiger partial charge on any atom is 0.164 e. The van der Waals surface area contributed by atoms with Gasteiger partial charge in [0.2, 0.25) is 0 Å². The quantitative estimate of drug-likeness (QED) is 0.182. The Morgan fingerprint density at radius 3 is 1.62 bits per heavy atom. The van der Waals surface area contributed by atoms with E-state index in [0.29, 0.717) is 17.5 Å². The summed E-state index contributed by atoms with van der Waals surface area (Å²) in [6, 6.07) is 59.2. The molecule has 9 aromatic rings. The van der Waals surface area contributed by atoms with Gasteiger partial charge in [0.15, 0.2) is 17.5 Å². The summed E-state index contributed by atoms with van der Waals surface area (Å²) >= 11 is 0. The summed E-state index contributed by atoms with van der Waals surface area (Å²) in [6.07, 6.45) is 0. The van der Waals surface area contributed by atoms with Gasteiger partial charge in [0.05, 0.1) is 0 Å². The molecule has 3 heteroatoms. The van der Waals surface area contributed by atoms with E-state index in [1.165, 1.54) is 55.3 Å². The fraction of sp³-hybridized carbons (Fsp3) is 0.113. The van der Waals surface area contributed by atoms with E-state index in [1.807, 2.05) is 0 Å². The van der Waals surface area contributed by atoms with Crippen LogP contribution in [0, 0.1) is 0 Å². The van der Waals surface area contributed by atoms with Gasteiger partial charge in [0, 0.05) is 27.5 Å². The number of hydrogen-bond donors (Lipinski definition) is 0. The predicted molar refractivity (Wildman–Crippen MR) is 232 cm³/mol. The molecule has 0 atom stereocenters. The Balaban J connectivity index is 1.07. The first-order valence-corrected chi connectivity index (χ1v) is 19.5. The van der Waals surface area contributed by atoms with Crippen LogP contribution in [0.4, 0.5) is 0 Å². The number of nitrogens with zero attached hydrogens (tertiary/aromatic N) is 3. The number of rotatable bonds is 4. The summed E-state index contributed by atoms with van der Waals surface area (Å²) in [5.41, 5.74) is 15.7. The lowest BCUT2D eigenvalue weighted by molar-refractivity contribution is 0.652. The number of benzene rings is 8. The van der Waals surface area contributed by atoms with Crippen LogP contribution in [0.1, 0.15) is 49.9 Å². The zero-order valence-corrected chi connectivity index (χ0v) is 31.9. The first-order valence-electron chi connectivity index (χ1n) is 19.5. The van der Waals surface area contributed by atoms with E-state index >= 15 is 0 Å². The van der Waals surface area contributed by atoms with Gasteiger partial charge in [-0.05, 0) is 108 Å². The van der Waals surface area contributed by atoms with E-state index in [-0.39, 0.29) is 10.8 Å². The monoisotopic (exact) mass is 717 g/mol. The third-order valence-electron chi connectivity index (χ3n) is 12.5. The van der Waals surface area contributed by atoms with Gasteiger partial charge in [-0.2, -0.15) is 0 Å². The molecule has 0 saturated heterocycles. The Labute approximate surface area is 327 Å². The molecule has 0 unspecified atom stereocenters. The Kier molecular flexibility index (Phi) is 6.94. The molecule has 0 bridgehead atoms. The van der Waals surface area contributed by atoms with Gasteiger partial charge in [0.25, 0.3) is 0 Å². The van der Waals surface area contributed by atoms with Gasteiger partial charge in [0.1, 0.15) is 0 Å². The van der Waals surface area contributed by atoms with E-state index in [2.05, 4.69) is 191 Å². The van der Waals surface area contributed by atoms with Crippen LogP contribution in [-0.2, 0) is 10.8 Å². The molecule has 1 heterocycles. The molecule has 0 spiro atoms. The molecular weight excluding hydrogens is 679 g/mol. The molecule has 0 fully saturated rings. The first kappa shape index (κ1) is 32.7. The SMILES string of the molecule is CC1(C)c2ccccc2-c2cc3c(cc21)-c1ccc(-c2nc(-c4cccc(-c5ccc6ccccc6c5)c4)nc(-c4cccc5ccccc45)n2)cc1C3(C)C. The van der Waals surface area contributed by atoms with Crippen molar-refractivity contribution in [3.8, 4) is 67.5 Å². The second-order valence-corrected chi connectivity index (χ2v) is 16.5. The molecule has 56 heavy (non-hydrogen) atoms. The van der Waals surface area contributed by atoms with Gasteiger partial charge >= 0.3 is 0 Å². The van der Waals surface area contributed by atoms with E-state index in [1.54, 1.807) is 0 Å². The van der Waals surface area contributed by atoms with Crippen molar-refractivity contribution in [2.24, 2.45) is 0 Å². The Bertz CT molecular complexity index is 3090. The van der Waals surface area contributed by atoms with Crippen molar-refractivity contribution in [3.05, 3.63) is 186 Å². The molecule has 266 valence electrons. The summed E-state index contributed by atoms with van der Waals surface area (Å²) in [5.74, 6) is 1.99. The summed E-state index contributed by atoms with van der Waals surface area (Å²) in [6.45, 7) is 9.44. The van der Waals surface area contributed by atoms with Crippen LogP contribution in [0.5, 0.6) is 0 Å². The van der Waals surface area contributed by atoms with Crippen LogP contribution < -0.4 is 0 Å². The highest BCUT2D eigenvalue weighted by Crippen LogP contribution is 2.56. The van der Waals surface area contributed by atoms with Crippen LogP contribution in [-0.4, -0.2) is 15.0 Å². The molecule has 2 aliphatic rings. The van der Waals surface area contributed by atoms with Crippen LogP contribution in [0.3, 0.4) is 0 Å². The normalized spacial score (nSPS) is 14.4. The largest absolute Gasteiger partial charge is 0.208 e. The van der Waals surface area contributed by atoms with Crippen LogP contribution in [0.2, 0.25) is 0 Å². The second kappa shape index (κ2) is 11.9. The summed E-state index contributed by atoms with van der Waals surface area (Å²) in [4.78, 5) is 15.7. The van der Waals surface area contributed by atoms with Gasteiger partial charge in [-0.3, -0.25) is 0 Å². The van der Waals surface area contributed by atoms with E-state index in [9.17, 15) is 0 Å². The molecule has 0 saturated carbocycles. The minimum atomic E-state index is -0.208. The standard InChI is InChI=1S/C53H39N3/c1-52(2)45-22-10-9-20-40(45)43-30-48-44(31-47(43)52)41-26-25-38(29-46(41)53(48,3)4)50-54-49(55-51(56-50)42-21-12-16-33-14-7-8-19-39(33)42)37-18-11-17-35(28-37)36-24-23-32-13-5-6-15-34(32)27-36/h5-31H,1-4H3. The van der Waals surface area contributed by atoms with Crippen LogP contribution >= 0.6 is 0 Å². The topological polar surface area (TPSA) is 38.7 Å². The smallest absolute Gasteiger partial charge is 0.164 e. The average molecular weight is 718 g/mol. The zero-order valence-electron chi connectivity index (χ0n) is 31.9. The number of fused-ring (bicyclic) bond motifs is 8. The van der Waals surface area contributed by atoms with Crippen molar-refractivity contribution in [2.75, 3.05) is 0 Å². The zero-order chi connectivity index (χ0) is 37.8. The fourth-order valence-corrected chi connectivity index (χ4v) is 9.45. The third kappa shape index (κ3) is 4.87. The molecular formula is C53H39N3. The Hall–Kier alpha value is -6.71. The van der Waals surface area contributed by atoms with Crippen molar-refractivity contribution >= 4 is 21.5 Å². The maximum absolute atomic E-state index is 5.26. The molecule has 8 aromatic carbocycles. The van der Waals surface area contributed by atoms with E-state index in [0.717, 1.165) is 38.6 Å². The Morgan fingerprint density at radius 2 is 0.821 bits per heavy atom. The lowest BCUT2D eigenvalue weighted by Crippen LogP contribution is -2.17. The highest BCUT2D eigenvalue weighted by molar-refractivity contribution is 5.96. The van der Waals surface area contributed by atoms with Crippen molar-refractivity contribution < 1.29 is 0 Å². The van der Waals surface area contributed by atoms with Crippen molar-refractivity contribution in [1.82, 2.24) is 15.0 Å². The molecule has 0 radical (unpaired) electrons. The number of aromatic nitrogens is 3. The Morgan fingerprint density at radius 1 is 0.304 bits per heavy atom. The summed E-state index contributed by atoms with van der Waals surface area (Å²) < 4.78 is 0. The molecule has 1 aromatic heterocycles. The van der Waals surface area contributed by atoms with Crippen LogP contribution in [0.15, 0.2) is 164 Å². The minimum absolute atomic E-state index is 0.0569. The number of hydrogen-bond acceptors (Lipinski definition) is 3. The molecule has 3 nitrogen and oxygen atoms in total. The van der Waals surface area contributed by atoms with Gasteiger partial charge in [-0.1, -0.05) is 161 Å². The van der Waals surface area contributed by atoms with Crippen LogP contribution in [0.25, 0.3) is 89.1 Å². The highest BCUT2D eigenvalue weighted by Gasteiger charge is 2.41. The van der Waals surface area contributed by atoms with Gasteiger partial charge < -0.3 is 0 Å². The average Bonchev–Trinajstić information content (AvgIpc) is 3.61. The molecule has 11 rings (SSSR count). The lowest BCUT2D eigenvalue weighted by atomic mass is 9.79. The van der Waals surface area contributed by atoms with Crippen molar-refractivity contribution in [3.63, 3.8) is 0 Å². The molecule has 0 N–H and O–H groups in total. The fourth-order valence-electron chi connectivity index (χ4n) is 9.45. The summed E-state index contributed by atoms with van der Waals surface area (Å²) in [5, 5.41) is 4.72. The minimum Gasteiger partial charge on any atom is -0.208 e. The molecule has 2 aliphatic carbocycles. The van der Waals surface area contributed by atoms with Gasteiger partial charge in [-0.15, -0.1) is 0 Å². The molecule has 0 amide bonds. The molecule has 0 aliphatic heterocycles. The third-order valence-corrected chi connectivity index (χ3v) is 12.5. The van der Waals surface area contributed by atoms with Crippen molar-refractivity contribution in [2.45, 2.75) is 38.5 Å². The second-order valence-electron chi connectivity index (χ2n) is 16.5. The maximum atomic E-state index is 5.26. The highest BCUT2D eigenvalue weighted by atomic mass is 15.0. The van der Waals surface area contributed by atoms with E-state index < -0.39 is 0 Å². The van der Waals surface area contributed by atoms with Gasteiger partial charge in [-0.25, -0.2) is 15.0 Å². The first-order chi connectivity index (χ1) is 27.2.